The summed E-state index contributed by atoms with van der Waals surface area (Å²) in [5.74, 6) is 0. The first-order chi connectivity index (χ1) is 9.09. The van der Waals surface area contributed by atoms with Gasteiger partial charge in [-0.15, -0.1) is 0 Å². The van der Waals surface area contributed by atoms with Crippen molar-refractivity contribution in [2.45, 2.75) is 11.8 Å². The van der Waals surface area contributed by atoms with Gasteiger partial charge in [-0.25, -0.2) is 0 Å². The molecule has 0 aliphatic rings. The third-order valence-corrected chi connectivity index (χ3v) is 3.71. The van der Waals surface area contributed by atoms with Crippen molar-refractivity contribution in [2.24, 2.45) is 5.10 Å². The van der Waals surface area contributed by atoms with Gasteiger partial charge in [0.25, 0.3) is 10.0 Å². The maximum absolute atomic E-state index is 11.9. The molecule has 0 fully saturated rings. The molecule has 0 saturated heterocycles. The minimum atomic E-state index is -3.62. The van der Waals surface area contributed by atoms with E-state index in [0.29, 0.717) is 5.71 Å². The minimum Gasteiger partial charge on any atom is -0.265 e. The Morgan fingerprint density at radius 2 is 1.74 bits per heavy atom. The van der Waals surface area contributed by atoms with Gasteiger partial charge in [0.05, 0.1) is 10.6 Å². The maximum atomic E-state index is 11.9. The van der Waals surface area contributed by atoms with E-state index in [1.54, 1.807) is 49.6 Å². The van der Waals surface area contributed by atoms with E-state index in [4.69, 9.17) is 0 Å². The van der Waals surface area contributed by atoms with Gasteiger partial charge in [0.15, 0.2) is 0 Å². The predicted molar refractivity (Wildman–Crippen MR) is 73.2 cm³/mol. The van der Waals surface area contributed by atoms with Crippen molar-refractivity contribution < 1.29 is 8.42 Å². The normalized spacial score (nSPS) is 12.2. The highest BCUT2D eigenvalue weighted by Gasteiger charge is 2.11. The fraction of sp³-hybridized carbons (Fsp3) is 0.0769. The molecule has 0 aliphatic heterocycles. The molecule has 0 saturated carbocycles. The van der Waals surface area contributed by atoms with Gasteiger partial charge in [0.2, 0.25) is 0 Å². The maximum Gasteiger partial charge on any atom is 0.276 e. The van der Waals surface area contributed by atoms with Gasteiger partial charge in [-0.05, 0) is 31.2 Å². The smallest absolute Gasteiger partial charge is 0.265 e. The van der Waals surface area contributed by atoms with Crippen LogP contribution in [0.2, 0.25) is 0 Å². The standard InChI is InChI=1S/C13H13N3O2S/c1-11(12-7-9-14-10-8-12)15-16-19(17,18)13-5-3-2-4-6-13/h2-10,16H,1H3/b15-11-. The number of benzene rings is 1. The number of hydrogen-bond donors (Lipinski definition) is 1. The Morgan fingerprint density at radius 3 is 2.37 bits per heavy atom. The second kappa shape index (κ2) is 5.62. The van der Waals surface area contributed by atoms with E-state index in [-0.39, 0.29) is 4.90 Å². The number of hydrogen-bond acceptors (Lipinski definition) is 4. The summed E-state index contributed by atoms with van der Waals surface area (Å²) >= 11 is 0. The molecular formula is C13H13N3O2S. The molecule has 1 aromatic heterocycles. The summed E-state index contributed by atoms with van der Waals surface area (Å²) in [5.41, 5.74) is 1.38. The zero-order valence-corrected chi connectivity index (χ0v) is 11.1. The van der Waals surface area contributed by atoms with Crippen molar-refractivity contribution in [3.05, 3.63) is 60.4 Å². The summed E-state index contributed by atoms with van der Waals surface area (Å²) in [6, 6.07) is 11.6. The molecule has 98 valence electrons. The van der Waals surface area contributed by atoms with Crippen LogP contribution in [-0.4, -0.2) is 19.1 Å². The number of hydrazone groups is 1. The molecule has 0 atom stereocenters. The molecule has 5 nitrogen and oxygen atoms in total. The molecular weight excluding hydrogens is 262 g/mol. The lowest BCUT2D eigenvalue weighted by atomic mass is 10.2. The third-order valence-electron chi connectivity index (χ3n) is 2.49. The van der Waals surface area contributed by atoms with Gasteiger partial charge >= 0.3 is 0 Å². The first-order valence-electron chi connectivity index (χ1n) is 5.61. The molecule has 6 heteroatoms. The molecule has 1 N–H and O–H groups in total. The fourth-order valence-electron chi connectivity index (χ4n) is 1.44. The van der Waals surface area contributed by atoms with Crippen LogP contribution >= 0.6 is 0 Å². The van der Waals surface area contributed by atoms with Crippen molar-refractivity contribution >= 4 is 15.7 Å². The lowest BCUT2D eigenvalue weighted by Crippen LogP contribution is -2.19. The Labute approximate surface area is 112 Å². The number of aromatic nitrogens is 1. The van der Waals surface area contributed by atoms with Crippen molar-refractivity contribution in [3.63, 3.8) is 0 Å². The van der Waals surface area contributed by atoms with E-state index in [1.807, 2.05) is 0 Å². The highest BCUT2D eigenvalue weighted by molar-refractivity contribution is 7.89. The van der Waals surface area contributed by atoms with Gasteiger partial charge in [-0.3, -0.25) is 4.98 Å². The van der Waals surface area contributed by atoms with Crippen LogP contribution in [0.15, 0.2) is 64.9 Å². The Bertz CT molecular complexity index is 668. The predicted octanol–water partition coefficient (Wildman–Crippen LogP) is 1.78. The highest BCUT2D eigenvalue weighted by atomic mass is 32.2. The molecule has 19 heavy (non-hydrogen) atoms. The van der Waals surface area contributed by atoms with Crippen LogP contribution in [0.25, 0.3) is 0 Å². The SMILES string of the molecule is C/C(=N/NS(=O)(=O)c1ccccc1)c1ccncc1. The van der Waals surface area contributed by atoms with Gasteiger partial charge < -0.3 is 0 Å². The number of nitrogens with zero attached hydrogens (tertiary/aromatic N) is 2. The number of sulfonamides is 1. The van der Waals surface area contributed by atoms with Gasteiger partial charge in [0, 0.05) is 18.0 Å². The molecule has 2 aromatic rings. The lowest BCUT2D eigenvalue weighted by Gasteiger charge is -2.04. The van der Waals surface area contributed by atoms with Crippen LogP contribution in [-0.2, 0) is 10.0 Å². The van der Waals surface area contributed by atoms with Gasteiger partial charge in [-0.1, -0.05) is 18.2 Å². The average molecular weight is 275 g/mol. The zero-order chi connectivity index (χ0) is 13.7. The molecule has 0 amide bonds. The zero-order valence-electron chi connectivity index (χ0n) is 10.3. The summed E-state index contributed by atoms with van der Waals surface area (Å²) in [6.45, 7) is 1.73. The Balaban J connectivity index is 2.19. The molecule has 0 unspecified atom stereocenters. The second-order valence-electron chi connectivity index (χ2n) is 3.84. The molecule has 0 aliphatic carbocycles. The lowest BCUT2D eigenvalue weighted by molar-refractivity contribution is 0.584. The van der Waals surface area contributed by atoms with Crippen LogP contribution in [0.5, 0.6) is 0 Å². The topological polar surface area (TPSA) is 71.4 Å². The summed E-state index contributed by atoms with van der Waals surface area (Å²) in [4.78, 5) is 6.29. The molecule has 1 aromatic carbocycles. The van der Waals surface area contributed by atoms with Crippen LogP contribution in [0.1, 0.15) is 12.5 Å². The van der Waals surface area contributed by atoms with E-state index < -0.39 is 10.0 Å². The Hall–Kier alpha value is -2.21. The van der Waals surface area contributed by atoms with Crippen molar-refractivity contribution in [2.75, 3.05) is 0 Å². The van der Waals surface area contributed by atoms with E-state index in [2.05, 4.69) is 14.9 Å². The largest absolute Gasteiger partial charge is 0.276 e. The summed E-state index contributed by atoms with van der Waals surface area (Å²) in [5, 5.41) is 3.89. The number of pyridine rings is 1. The molecule has 2 rings (SSSR count). The van der Waals surface area contributed by atoms with Crippen molar-refractivity contribution in [1.29, 1.82) is 0 Å². The van der Waals surface area contributed by atoms with E-state index >= 15 is 0 Å². The average Bonchev–Trinajstić information content (AvgIpc) is 2.47. The molecule has 0 spiro atoms. The van der Waals surface area contributed by atoms with E-state index in [9.17, 15) is 8.42 Å². The molecule has 0 radical (unpaired) electrons. The van der Waals surface area contributed by atoms with Gasteiger partial charge in [0.1, 0.15) is 0 Å². The van der Waals surface area contributed by atoms with Crippen molar-refractivity contribution in [3.8, 4) is 0 Å². The van der Waals surface area contributed by atoms with Crippen molar-refractivity contribution in [1.82, 2.24) is 9.82 Å². The fourth-order valence-corrected chi connectivity index (χ4v) is 2.32. The summed E-state index contributed by atoms with van der Waals surface area (Å²) in [6.07, 6.45) is 3.25. The van der Waals surface area contributed by atoms with E-state index in [0.717, 1.165) is 5.56 Å². The highest BCUT2D eigenvalue weighted by Crippen LogP contribution is 2.07. The Kier molecular flexibility index (Phi) is 3.91. The molecule has 0 bridgehead atoms. The molecule has 1 heterocycles. The first-order valence-corrected chi connectivity index (χ1v) is 7.09. The summed E-state index contributed by atoms with van der Waals surface area (Å²) in [7, 11) is -3.62. The van der Waals surface area contributed by atoms with Crippen LogP contribution in [0, 0.1) is 0 Å². The van der Waals surface area contributed by atoms with Gasteiger partial charge in [-0.2, -0.15) is 18.4 Å². The van der Waals surface area contributed by atoms with Crippen LogP contribution in [0.4, 0.5) is 0 Å². The summed E-state index contributed by atoms with van der Waals surface area (Å²) < 4.78 is 23.9. The van der Waals surface area contributed by atoms with Crippen LogP contribution < -0.4 is 4.83 Å². The third kappa shape index (κ3) is 3.38. The van der Waals surface area contributed by atoms with Crippen LogP contribution in [0.3, 0.4) is 0 Å². The number of rotatable bonds is 4. The quantitative estimate of drug-likeness (QED) is 0.683. The Morgan fingerprint density at radius 1 is 1.11 bits per heavy atom. The number of nitrogens with one attached hydrogen (secondary N) is 1. The second-order valence-corrected chi connectivity index (χ2v) is 5.50. The first kappa shape index (κ1) is 13.2. The van der Waals surface area contributed by atoms with E-state index in [1.165, 1.54) is 12.1 Å². The monoisotopic (exact) mass is 275 g/mol. The minimum absolute atomic E-state index is 0.182.